The molecule has 400 valence electrons. The summed E-state index contributed by atoms with van der Waals surface area (Å²) in [5, 5.41) is 12.7. The first-order valence-electron chi connectivity index (χ1n) is 25.1. The predicted molar refractivity (Wildman–Crippen MR) is 296 cm³/mol. The summed E-state index contributed by atoms with van der Waals surface area (Å²) in [7, 11) is -1.03. The third-order valence-corrected chi connectivity index (χ3v) is 13.5. The molecule has 5 aromatic carbocycles. The lowest BCUT2D eigenvalue weighted by Gasteiger charge is -2.21. The van der Waals surface area contributed by atoms with Crippen LogP contribution in [0.25, 0.3) is 22.7 Å². The van der Waals surface area contributed by atoms with Crippen molar-refractivity contribution >= 4 is 85.2 Å². The Hall–Kier alpha value is -7.68. The van der Waals surface area contributed by atoms with E-state index >= 15 is 0 Å². The van der Waals surface area contributed by atoms with E-state index in [1.807, 2.05) is 32.9 Å². The lowest BCUT2D eigenvalue weighted by atomic mass is 10.0. The summed E-state index contributed by atoms with van der Waals surface area (Å²) in [6.07, 6.45) is 11.2. The fraction of sp³-hybridized carbons (Fsp3) is 0.345. The van der Waals surface area contributed by atoms with Gasteiger partial charge in [0, 0.05) is 18.3 Å². The Morgan fingerprint density at radius 3 is 2.13 bits per heavy atom. The minimum atomic E-state index is -4.00. The van der Waals surface area contributed by atoms with E-state index < -0.39 is 39.9 Å². The van der Waals surface area contributed by atoms with Crippen molar-refractivity contribution in [1.82, 2.24) is 4.98 Å². The third kappa shape index (κ3) is 16.2. The minimum absolute atomic E-state index is 0.00883. The number of nitriles is 1. The van der Waals surface area contributed by atoms with Crippen LogP contribution in [0.1, 0.15) is 126 Å². The van der Waals surface area contributed by atoms with Crippen molar-refractivity contribution in [3.8, 4) is 17.6 Å². The van der Waals surface area contributed by atoms with Gasteiger partial charge in [0.05, 0.1) is 41.9 Å². The second kappa shape index (κ2) is 27.2. The van der Waals surface area contributed by atoms with E-state index in [2.05, 4.69) is 28.0 Å². The van der Waals surface area contributed by atoms with Crippen LogP contribution in [0.5, 0.6) is 11.5 Å². The number of unbranched alkanes of at least 4 members (excludes halogenated alkanes) is 9. The molecular weight excluding hydrogens is 1010 g/mol. The number of amides is 2. The van der Waals surface area contributed by atoms with Crippen molar-refractivity contribution in [3.05, 3.63) is 141 Å². The van der Waals surface area contributed by atoms with Gasteiger partial charge in [-0.3, -0.25) is 19.2 Å². The number of fused-ring (bicyclic) bond motifs is 1. The fourth-order valence-electron chi connectivity index (χ4n) is 8.06. The molecule has 0 fully saturated rings. The van der Waals surface area contributed by atoms with Gasteiger partial charge in [-0.25, -0.2) is 23.0 Å². The average molecular weight is 1070 g/mol. The number of oxazole rings is 1. The number of Topliss-reactive ketones (excluding diaryl/α,β-unsaturated/α-hetero) is 1. The first kappa shape index (κ1) is 57.6. The molecule has 0 aliphatic heterocycles. The van der Waals surface area contributed by atoms with E-state index in [4.69, 9.17) is 35.0 Å². The average Bonchev–Trinajstić information content (AvgIpc) is 3.80. The number of ether oxygens (including phenoxy) is 4. The number of aromatic nitrogens is 1. The molecule has 6 rings (SSSR count). The first-order valence-corrected chi connectivity index (χ1v) is 27.4. The molecule has 0 bridgehead atoms. The lowest BCUT2D eigenvalue weighted by molar-refractivity contribution is -0.120. The number of halogens is 1. The van der Waals surface area contributed by atoms with Crippen molar-refractivity contribution in [2.45, 2.75) is 105 Å². The summed E-state index contributed by atoms with van der Waals surface area (Å²) in [6.45, 7) is 7.86. The van der Waals surface area contributed by atoms with Crippen molar-refractivity contribution in [1.29, 1.82) is 5.26 Å². The molecule has 1 atom stereocenters. The normalized spacial score (nSPS) is 11.9. The van der Waals surface area contributed by atoms with Gasteiger partial charge in [-0.1, -0.05) is 88.4 Å². The van der Waals surface area contributed by atoms with Crippen LogP contribution in [0.3, 0.4) is 0 Å². The molecule has 0 saturated carbocycles. The monoisotopic (exact) mass is 1070 g/mol. The van der Waals surface area contributed by atoms with E-state index in [1.165, 1.54) is 118 Å². The Labute approximate surface area is 449 Å². The smallest absolute Gasteiger partial charge is 0.414 e. The molecule has 2 amide bonds. The van der Waals surface area contributed by atoms with Gasteiger partial charge < -0.3 is 28.7 Å². The number of methoxy groups -OCH3 is 1. The van der Waals surface area contributed by atoms with Gasteiger partial charge in [-0.2, -0.15) is 5.26 Å². The highest BCUT2D eigenvalue weighted by atomic mass is 35.5. The SMILES string of the molecule is CCCCCCCCCCCCOC(=O)c1ccc(Cl)c(NC(=O)C(Oc2ccc(COC(=O)N(C)c3ccc(/C=C(\C#N)c4nc5cc(C)c(C)cc5o4)c(C)c3)cc2NS(C)(=O)=O)C(=O)c2ccc(OC)cc2)c1. The number of aryl methyl sites for hydroxylation is 3. The number of rotatable bonds is 26. The second-order valence-corrected chi connectivity index (χ2v) is 20.7. The van der Waals surface area contributed by atoms with Crippen LogP contribution >= 0.6 is 11.6 Å². The van der Waals surface area contributed by atoms with E-state index in [0.717, 1.165) is 42.2 Å². The molecule has 0 radical (unpaired) electrons. The summed E-state index contributed by atoms with van der Waals surface area (Å²) in [5.41, 5.74) is 5.75. The third-order valence-electron chi connectivity index (χ3n) is 12.6. The van der Waals surface area contributed by atoms with Crippen LogP contribution in [0, 0.1) is 32.1 Å². The molecule has 6 aromatic rings. The number of nitrogens with one attached hydrogen (secondary N) is 2. The summed E-state index contributed by atoms with van der Waals surface area (Å²) >= 11 is 6.52. The number of sulfonamides is 1. The topological polar surface area (TPSA) is 216 Å². The molecule has 0 saturated heterocycles. The largest absolute Gasteiger partial charge is 0.497 e. The lowest BCUT2D eigenvalue weighted by Crippen LogP contribution is -2.40. The molecule has 76 heavy (non-hydrogen) atoms. The van der Waals surface area contributed by atoms with Crippen molar-refractivity contribution in [2.24, 2.45) is 0 Å². The molecular formula is C58H64ClN5O11S. The maximum absolute atomic E-state index is 14.2. The van der Waals surface area contributed by atoms with Gasteiger partial charge in [0.1, 0.15) is 35.3 Å². The summed E-state index contributed by atoms with van der Waals surface area (Å²) in [5.74, 6) is -2.02. The van der Waals surface area contributed by atoms with Gasteiger partial charge in [-0.15, -0.1) is 0 Å². The summed E-state index contributed by atoms with van der Waals surface area (Å²) in [6, 6.07) is 25.4. The highest BCUT2D eigenvalue weighted by molar-refractivity contribution is 7.92. The Morgan fingerprint density at radius 1 is 0.803 bits per heavy atom. The number of nitrogens with zero attached hydrogens (tertiary/aromatic N) is 3. The van der Waals surface area contributed by atoms with Crippen LogP contribution in [-0.2, 0) is 30.9 Å². The van der Waals surface area contributed by atoms with Crippen molar-refractivity contribution in [2.75, 3.05) is 42.0 Å². The van der Waals surface area contributed by atoms with Crippen LogP contribution in [-0.4, -0.2) is 70.3 Å². The molecule has 18 heteroatoms. The number of anilines is 3. The second-order valence-electron chi connectivity index (χ2n) is 18.5. The Bertz CT molecular complexity index is 3200. The summed E-state index contributed by atoms with van der Waals surface area (Å²) in [4.78, 5) is 60.8. The standard InChI is InChI=1S/C58H64ClN5O11S/c1-8-9-10-11-12-13-14-15-16-17-28-72-57(67)43-22-26-47(59)48(34-43)61-55(66)54(53(65)41-20-24-46(71-6)25-21-41)74-51-27-18-40(32-50(51)63-76(7,69)70)36-73-58(68)64(5)45-23-19-42(39(4)29-45)33-44(35-60)56-62-49-30-37(2)38(3)31-52(49)75-56/h18-27,29-34,54,63H,8-17,28,36H2,1-7H3,(H,61,66)/b44-33+. The Morgan fingerprint density at radius 2 is 1.47 bits per heavy atom. The molecule has 2 N–H and O–H groups in total. The molecule has 0 aliphatic rings. The van der Waals surface area contributed by atoms with E-state index in [1.54, 1.807) is 24.3 Å². The quantitative estimate of drug-likeness (QED) is 0.0170. The Kier molecular flexibility index (Phi) is 20.6. The highest BCUT2D eigenvalue weighted by Gasteiger charge is 2.32. The zero-order valence-electron chi connectivity index (χ0n) is 43.9. The number of hydrogen-bond donors (Lipinski definition) is 2. The van der Waals surface area contributed by atoms with Gasteiger partial charge in [-0.05, 0) is 140 Å². The first-order chi connectivity index (χ1) is 36.4. The van der Waals surface area contributed by atoms with E-state index in [-0.39, 0.29) is 58.0 Å². The van der Waals surface area contributed by atoms with Crippen LogP contribution in [0.15, 0.2) is 95.4 Å². The van der Waals surface area contributed by atoms with Gasteiger partial charge >= 0.3 is 12.1 Å². The number of esters is 1. The number of allylic oxidation sites excluding steroid dienone is 1. The molecule has 16 nitrogen and oxygen atoms in total. The molecule has 1 unspecified atom stereocenters. The molecule has 1 heterocycles. The highest BCUT2D eigenvalue weighted by Crippen LogP contribution is 2.32. The zero-order valence-corrected chi connectivity index (χ0v) is 45.5. The van der Waals surface area contributed by atoms with Crippen molar-refractivity contribution in [3.63, 3.8) is 0 Å². The number of benzene rings is 5. The van der Waals surface area contributed by atoms with E-state index in [0.29, 0.717) is 40.1 Å². The number of ketones is 1. The maximum atomic E-state index is 14.2. The van der Waals surface area contributed by atoms with Gasteiger partial charge in [0.15, 0.2) is 5.58 Å². The molecule has 0 spiro atoms. The van der Waals surface area contributed by atoms with Crippen LogP contribution < -0.4 is 24.4 Å². The minimum Gasteiger partial charge on any atom is -0.497 e. The van der Waals surface area contributed by atoms with Crippen molar-refractivity contribution < 1.29 is 51.0 Å². The van der Waals surface area contributed by atoms with Crippen LogP contribution in [0.2, 0.25) is 5.02 Å². The van der Waals surface area contributed by atoms with Gasteiger partial charge in [0.2, 0.25) is 27.8 Å². The molecule has 0 aliphatic carbocycles. The zero-order chi connectivity index (χ0) is 54.9. The number of carbonyl (C=O) groups excluding carboxylic acids is 4. The molecule has 1 aromatic heterocycles. The predicted octanol–water partition coefficient (Wildman–Crippen LogP) is 13.0. The number of hydrogen-bond acceptors (Lipinski definition) is 13. The fourth-order valence-corrected chi connectivity index (χ4v) is 8.79. The number of carbonyl (C=O) groups is 4. The Balaban J connectivity index is 1.14. The maximum Gasteiger partial charge on any atom is 0.414 e. The summed E-state index contributed by atoms with van der Waals surface area (Å²) < 4.78 is 56.2. The van der Waals surface area contributed by atoms with E-state index in [9.17, 15) is 32.9 Å². The van der Waals surface area contributed by atoms with Gasteiger partial charge in [0.25, 0.3) is 5.91 Å². The van der Waals surface area contributed by atoms with Crippen LogP contribution in [0.4, 0.5) is 21.9 Å².